The van der Waals surface area contributed by atoms with Crippen LogP contribution in [0.5, 0.6) is 0 Å². The molecular formula is C10H22N4O. The number of hydrogen-bond acceptors (Lipinski definition) is 3. The van der Waals surface area contributed by atoms with Gasteiger partial charge in [-0.2, -0.15) is 0 Å². The number of carbonyl (C=O) groups is 1. The predicted molar refractivity (Wildman–Crippen MR) is 60.7 cm³/mol. The largest absolute Gasteiger partial charge is 0.338 e. The van der Waals surface area contributed by atoms with E-state index in [2.05, 4.69) is 17.3 Å². The Kier molecular flexibility index (Phi) is 4.84. The van der Waals surface area contributed by atoms with Gasteiger partial charge in [-0.3, -0.25) is 0 Å². The zero-order chi connectivity index (χ0) is 11.3. The molecule has 0 aliphatic carbocycles. The zero-order valence-corrected chi connectivity index (χ0v) is 9.70. The fourth-order valence-electron chi connectivity index (χ4n) is 1.47. The van der Waals surface area contributed by atoms with Crippen LogP contribution in [0.3, 0.4) is 0 Å². The maximum Gasteiger partial charge on any atom is 0.317 e. The van der Waals surface area contributed by atoms with Crippen molar-refractivity contribution in [3.63, 3.8) is 0 Å². The summed E-state index contributed by atoms with van der Waals surface area (Å²) in [6, 6.07) is 0.0448. The maximum absolute atomic E-state index is 11.7. The Labute approximate surface area is 91.6 Å². The molecule has 1 saturated heterocycles. The number of nitrogens with two attached hydrogens (primary N) is 1. The average Bonchev–Trinajstić information content (AvgIpc) is 2.26. The molecule has 1 aliphatic rings. The van der Waals surface area contributed by atoms with E-state index in [9.17, 15) is 4.79 Å². The van der Waals surface area contributed by atoms with Gasteiger partial charge in [-0.05, 0) is 19.5 Å². The highest BCUT2D eigenvalue weighted by Gasteiger charge is 2.18. The quantitative estimate of drug-likeness (QED) is 0.668. The van der Waals surface area contributed by atoms with Gasteiger partial charge in [-0.25, -0.2) is 4.79 Å². The minimum Gasteiger partial charge on any atom is -0.338 e. The smallest absolute Gasteiger partial charge is 0.317 e. The third-order valence-electron chi connectivity index (χ3n) is 2.79. The van der Waals surface area contributed by atoms with E-state index >= 15 is 0 Å². The van der Waals surface area contributed by atoms with Crippen molar-refractivity contribution in [2.24, 2.45) is 11.7 Å². The van der Waals surface area contributed by atoms with E-state index in [0.717, 1.165) is 26.2 Å². The summed E-state index contributed by atoms with van der Waals surface area (Å²) in [5.74, 6) is 0.349. The van der Waals surface area contributed by atoms with Gasteiger partial charge in [0.15, 0.2) is 0 Å². The highest BCUT2D eigenvalue weighted by Crippen LogP contribution is 1.99. The Morgan fingerprint density at radius 1 is 1.40 bits per heavy atom. The lowest BCUT2D eigenvalue weighted by Gasteiger charge is -2.32. The second-order valence-electron chi connectivity index (χ2n) is 4.32. The minimum absolute atomic E-state index is 0.0448. The number of amides is 2. The lowest BCUT2D eigenvalue weighted by molar-refractivity contribution is 0.153. The van der Waals surface area contributed by atoms with Gasteiger partial charge >= 0.3 is 6.03 Å². The van der Waals surface area contributed by atoms with E-state index in [-0.39, 0.29) is 6.03 Å². The number of carbonyl (C=O) groups excluding carboxylic acids is 1. The molecule has 5 nitrogen and oxygen atoms in total. The molecule has 0 aromatic carbocycles. The molecule has 1 aliphatic heterocycles. The molecule has 15 heavy (non-hydrogen) atoms. The molecule has 1 heterocycles. The Bertz CT molecular complexity index is 202. The first-order valence-electron chi connectivity index (χ1n) is 5.55. The van der Waals surface area contributed by atoms with Crippen LogP contribution in [0.1, 0.15) is 6.92 Å². The first-order chi connectivity index (χ1) is 7.13. The number of urea groups is 1. The van der Waals surface area contributed by atoms with Crippen molar-refractivity contribution in [3.05, 3.63) is 0 Å². The van der Waals surface area contributed by atoms with Gasteiger partial charge in [0.2, 0.25) is 0 Å². The van der Waals surface area contributed by atoms with Crippen LogP contribution in [0.25, 0.3) is 0 Å². The second-order valence-corrected chi connectivity index (χ2v) is 4.32. The van der Waals surface area contributed by atoms with Crippen molar-refractivity contribution >= 4 is 6.03 Å². The number of nitrogens with one attached hydrogen (secondary N) is 1. The lowest BCUT2D eigenvalue weighted by Crippen LogP contribution is -2.51. The Morgan fingerprint density at radius 2 is 2.00 bits per heavy atom. The molecule has 1 atom stereocenters. The fraction of sp³-hybridized carbons (Fsp3) is 0.900. The number of piperazine rings is 1. The number of likely N-dealkylation sites (N-methyl/N-ethyl adjacent to an activating group) is 1. The third kappa shape index (κ3) is 4.05. The van der Waals surface area contributed by atoms with E-state index in [4.69, 9.17) is 5.73 Å². The summed E-state index contributed by atoms with van der Waals surface area (Å²) < 4.78 is 0. The van der Waals surface area contributed by atoms with Crippen molar-refractivity contribution in [1.29, 1.82) is 0 Å². The molecule has 88 valence electrons. The van der Waals surface area contributed by atoms with Crippen LogP contribution in [0.15, 0.2) is 0 Å². The van der Waals surface area contributed by atoms with Gasteiger partial charge in [-0.15, -0.1) is 0 Å². The van der Waals surface area contributed by atoms with E-state index in [1.807, 2.05) is 11.8 Å². The molecule has 0 radical (unpaired) electrons. The Balaban J connectivity index is 2.22. The molecule has 1 rings (SSSR count). The van der Waals surface area contributed by atoms with Gasteiger partial charge in [0.05, 0.1) is 0 Å². The van der Waals surface area contributed by atoms with Crippen LogP contribution in [0.2, 0.25) is 0 Å². The number of nitrogens with zero attached hydrogens (tertiary/aromatic N) is 2. The molecule has 1 fully saturated rings. The van der Waals surface area contributed by atoms with E-state index in [0.29, 0.717) is 19.0 Å². The summed E-state index contributed by atoms with van der Waals surface area (Å²) in [5, 5.41) is 2.91. The molecule has 2 amide bonds. The van der Waals surface area contributed by atoms with Crippen LogP contribution in [0, 0.1) is 5.92 Å². The average molecular weight is 214 g/mol. The molecule has 5 heteroatoms. The molecule has 3 N–H and O–H groups in total. The normalized spacial score (nSPS) is 20.1. The Hall–Kier alpha value is -0.810. The van der Waals surface area contributed by atoms with Gasteiger partial charge in [0, 0.05) is 32.7 Å². The summed E-state index contributed by atoms with van der Waals surface area (Å²) >= 11 is 0. The molecular weight excluding hydrogens is 192 g/mol. The highest BCUT2D eigenvalue weighted by atomic mass is 16.2. The fourth-order valence-corrected chi connectivity index (χ4v) is 1.47. The number of rotatable bonds is 3. The molecule has 0 aromatic rings. The van der Waals surface area contributed by atoms with Crippen molar-refractivity contribution < 1.29 is 4.79 Å². The van der Waals surface area contributed by atoms with Gasteiger partial charge in [-0.1, -0.05) is 6.92 Å². The second kappa shape index (κ2) is 5.92. The molecule has 0 bridgehead atoms. The van der Waals surface area contributed by atoms with Crippen molar-refractivity contribution in [2.45, 2.75) is 6.92 Å². The summed E-state index contributed by atoms with van der Waals surface area (Å²) in [6.07, 6.45) is 0. The highest BCUT2D eigenvalue weighted by molar-refractivity contribution is 5.74. The monoisotopic (exact) mass is 214 g/mol. The topological polar surface area (TPSA) is 61.6 Å². The molecule has 0 aromatic heterocycles. The molecule has 0 spiro atoms. The van der Waals surface area contributed by atoms with E-state index in [1.54, 1.807) is 0 Å². The first kappa shape index (κ1) is 12.3. The van der Waals surface area contributed by atoms with Gasteiger partial charge in [0.1, 0.15) is 0 Å². The van der Waals surface area contributed by atoms with Gasteiger partial charge in [0.25, 0.3) is 0 Å². The van der Waals surface area contributed by atoms with Crippen LogP contribution < -0.4 is 11.1 Å². The standard InChI is InChI=1S/C10H22N4O/c1-9(7-11)8-12-10(15)14-5-3-13(2)4-6-14/h9H,3-8,11H2,1-2H3,(H,12,15). The molecule has 0 saturated carbocycles. The lowest BCUT2D eigenvalue weighted by atomic mass is 10.2. The zero-order valence-electron chi connectivity index (χ0n) is 9.70. The van der Waals surface area contributed by atoms with Gasteiger partial charge < -0.3 is 20.9 Å². The third-order valence-corrected chi connectivity index (χ3v) is 2.79. The van der Waals surface area contributed by atoms with E-state index < -0.39 is 0 Å². The first-order valence-corrected chi connectivity index (χ1v) is 5.55. The molecule has 1 unspecified atom stereocenters. The maximum atomic E-state index is 11.7. The van der Waals surface area contributed by atoms with Crippen molar-refractivity contribution in [3.8, 4) is 0 Å². The predicted octanol–water partition coefficient (Wildman–Crippen LogP) is -0.462. The summed E-state index contributed by atoms with van der Waals surface area (Å²) in [7, 11) is 2.08. The SMILES string of the molecule is CC(CN)CNC(=O)N1CCN(C)CC1. The summed E-state index contributed by atoms with van der Waals surface area (Å²) in [6.45, 7) is 6.87. The van der Waals surface area contributed by atoms with Crippen molar-refractivity contribution in [1.82, 2.24) is 15.1 Å². The summed E-state index contributed by atoms with van der Waals surface area (Å²) in [5.41, 5.74) is 5.48. The number of hydrogen-bond donors (Lipinski definition) is 2. The van der Waals surface area contributed by atoms with Crippen LogP contribution in [0.4, 0.5) is 4.79 Å². The van der Waals surface area contributed by atoms with Crippen LogP contribution in [-0.4, -0.2) is 62.1 Å². The summed E-state index contributed by atoms with van der Waals surface area (Å²) in [4.78, 5) is 15.8. The Morgan fingerprint density at radius 3 is 2.53 bits per heavy atom. The minimum atomic E-state index is 0.0448. The van der Waals surface area contributed by atoms with Crippen molar-refractivity contribution in [2.75, 3.05) is 46.3 Å². The van der Waals surface area contributed by atoms with E-state index in [1.165, 1.54) is 0 Å². The van der Waals surface area contributed by atoms with Crippen LogP contribution >= 0.6 is 0 Å². The van der Waals surface area contributed by atoms with Crippen LogP contribution in [-0.2, 0) is 0 Å².